The second-order valence-electron chi connectivity index (χ2n) is 14.4. The van der Waals surface area contributed by atoms with E-state index in [4.69, 9.17) is 23.8 Å². The largest absolute Gasteiger partial charge is 0.507 e. The number of esters is 1. The van der Waals surface area contributed by atoms with Gasteiger partial charge in [0.1, 0.15) is 30.0 Å². The van der Waals surface area contributed by atoms with Crippen molar-refractivity contribution in [2.75, 3.05) is 19.0 Å². The maximum absolute atomic E-state index is 14.3. The third-order valence-electron chi connectivity index (χ3n) is 10.5. The minimum absolute atomic E-state index is 0.0192. The van der Waals surface area contributed by atoms with E-state index in [1.165, 1.54) is 59.3 Å². The number of hydrogen-bond acceptors (Lipinski definition) is 14. The normalized spacial score (nSPS) is 30.9. The van der Waals surface area contributed by atoms with Gasteiger partial charge in [0.2, 0.25) is 0 Å². The number of amides is 1. The summed E-state index contributed by atoms with van der Waals surface area (Å²) in [6.07, 6.45) is 5.83. The number of allylic oxidation sites excluding steroid dienone is 2. The number of ether oxygens (including phenoxy) is 4. The molecule has 3 aliphatic rings. The van der Waals surface area contributed by atoms with Crippen molar-refractivity contribution in [1.29, 1.82) is 0 Å². The van der Waals surface area contributed by atoms with Gasteiger partial charge in [0.15, 0.2) is 5.75 Å². The van der Waals surface area contributed by atoms with Gasteiger partial charge in [-0.25, -0.2) is 0 Å². The molecule has 0 radical (unpaired) electrons. The number of nitrogens with zero attached hydrogens (tertiary/aromatic N) is 1. The lowest BCUT2D eigenvalue weighted by Gasteiger charge is -2.38. The quantitative estimate of drug-likeness (QED) is 0.0418. The number of nitrogens with one attached hydrogen (secondary N) is 1. The molecule has 0 saturated carbocycles. The van der Waals surface area contributed by atoms with Crippen LogP contribution in [0.1, 0.15) is 70.0 Å². The van der Waals surface area contributed by atoms with Crippen LogP contribution in [0.3, 0.4) is 0 Å². The van der Waals surface area contributed by atoms with E-state index in [-0.39, 0.29) is 51.1 Å². The topological polar surface area (TPSA) is 223 Å². The number of phenols is 3. The summed E-state index contributed by atoms with van der Waals surface area (Å²) in [4.78, 5) is 45.2. The van der Waals surface area contributed by atoms with Gasteiger partial charge in [-0.15, -0.1) is 0 Å². The minimum atomic E-state index is -2.06. The lowest BCUT2D eigenvalue weighted by atomic mass is 9.78. The fraction of sp³-hybridized carbons (Fsp3) is 0.463. The Morgan fingerprint density at radius 3 is 2.30 bits per heavy atom. The predicted octanol–water partition coefficient (Wildman–Crippen LogP) is 5.29. The van der Waals surface area contributed by atoms with E-state index < -0.39 is 88.8 Å². The maximum Gasteiger partial charge on any atom is 0.312 e. The van der Waals surface area contributed by atoms with Gasteiger partial charge in [-0.1, -0.05) is 63.7 Å². The lowest BCUT2D eigenvalue weighted by molar-refractivity contribution is -0.160. The van der Waals surface area contributed by atoms with Gasteiger partial charge in [-0.05, 0) is 19.9 Å². The third-order valence-corrected chi connectivity index (χ3v) is 10.5. The molecule has 15 nitrogen and oxygen atoms in total. The molecule has 0 unspecified atom stereocenters. The molecule has 2 aromatic rings. The standard InChI is InChI=1S/C41H52N2O13/c1-11-16-54-42-18-26-31-36(49)29-28(35(26)48)30-38(24(7)34(29)47)56-41(9,39(30)50)53-17-15-27(52-10)21(4)37(55-25(8)44)23(6)33(46)22(5)32(45)19(2)13-12-14-20(3)40(51)43-31/h11-15,17-19,21-23,27,32-33,37,45-49H,1,16H2,2-10H3,(H,43,51)/b13-12-,17-15-,20-14-,42-18+/t19-,21+,22+,23+,27-,32-,33+,37+,41-/m0/s1. The van der Waals surface area contributed by atoms with Crippen LogP contribution in [0.15, 0.2) is 53.9 Å². The smallest absolute Gasteiger partial charge is 0.312 e. The molecule has 1 amide bonds. The van der Waals surface area contributed by atoms with E-state index >= 15 is 0 Å². The van der Waals surface area contributed by atoms with Gasteiger partial charge >= 0.3 is 11.8 Å². The highest BCUT2D eigenvalue weighted by Gasteiger charge is 2.50. The fourth-order valence-electron chi connectivity index (χ4n) is 7.06. The van der Waals surface area contributed by atoms with Crippen LogP contribution in [0.2, 0.25) is 0 Å². The number of aliphatic hydroxyl groups is 2. The van der Waals surface area contributed by atoms with Crippen molar-refractivity contribution in [1.82, 2.24) is 0 Å². The van der Waals surface area contributed by atoms with Gasteiger partial charge in [0, 0.05) is 61.2 Å². The molecule has 15 heteroatoms. The van der Waals surface area contributed by atoms with Gasteiger partial charge in [0.25, 0.3) is 11.7 Å². The van der Waals surface area contributed by atoms with Crippen LogP contribution in [0, 0.1) is 30.6 Å². The highest BCUT2D eigenvalue weighted by atomic mass is 16.7. The molecule has 3 aliphatic heterocycles. The molecule has 9 atom stereocenters. The van der Waals surface area contributed by atoms with E-state index in [0.29, 0.717) is 0 Å². The van der Waals surface area contributed by atoms with Gasteiger partial charge < -0.3 is 54.6 Å². The van der Waals surface area contributed by atoms with Gasteiger partial charge in [-0.2, -0.15) is 0 Å². The molecule has 0 aromatic heterocycles. The highest BCUT2D eigenvalue weighted by molar-refractivity contribution is 6.23. The van der Waals surface area contributed by atoms with Crippen molar-refractivity contribution < 1.29 is 63.7 Å². The Morgan fingerprint density at radius 2 is 1.68 bits per heavy atom. The van der Waals surface area contributed by atoms with E-state index in [1.54, 1.807) is 39.8 Å². The number of hydrogen-bond donors (Lipinski definition) is 6. The molecule has 5 bridgehead atoms. The Bertz CT molecular complexity index is 1990. The summed E-state index contributed by atoms with van der Waals surface area (Å²) in [5, 5.41) is 63.4. The van der Waals surface area contributed by atoms with Crippen molar-refractivity contribution in [3.05, 3.63) is 65.5 Å². The predicted molar refractivity (Wildman–Crippen MR) is 208 cm³/mol. The summed E-state index contributed by atoms with van der Waals surface area (Å²) >= 11 is 0. The second kappa shape index (κ2) is 17.6. The first kappa shape index (κ1) is 43.3. The van der Waals surface area contributed by atoms with Gasteiger partial charge in [-0.3, -0.25) is 14.4 Å². The van der Waals surface area contributed by atoms with Gasteiger partial charge in [0.05, 0.1) is 53.0 Å². The molecule has 56 heavy (non-hydrogen) atoms. The van der Waals surface area contributed by atoms with Crippen molar-refractivity contribution in [3.63, 3.8) is 0 Å². The van der Waals surface area contributed by atoms with E-state index in [1.807, 2.05) is 0 Å². The summed E-state index contributed by atoms with van der Waals surface area (Å²) in [6, 6.07) is 0. The number of methoxy groups -OCH3 is 1. The fourth-order valence-corrected chi connectivity index (χ4v) is 7.06. The number of fused-ring (bicyclic) bond motifs is 14. The van der Waals surface area contributed by atoms with Crippen LogP contribution in [-0.4, -0.2) is 93.3 Å². The summed E-state index contributed by atoms with van der Waals surface area (Å²) < 4.78 is 23.4. The molecular weight excluding hydrogens is 728 g/mol. The van der Waals surface area contributed by atoms with E-state index in [0.717, 1.165) is 6.21 Å². The maximum atomic E-state index is 14.3. The summed E-state index contributed by atoms with van der Waals surface area (Å²) in [7, 11) is 1.42. The first-order valence-corrected chi connectivity index (χ1v) is 18.2. The molecule has 304 valence electrons. The number of anilines is 1. The van der Waals surface area contributed by atoms with Crippen LogP contribution >= 0.6 is 0 Å². The molecular formula is C41H52N2O13. The number of Topliss-reactive ketones (excluding diaryl/α,β-unsaturated/α-hetero) is 1. The lowest BCUT2D eigenvalue weighted by Crippen LogP contribution is -2.46. The average molecular weight is 781 g/mol. The molecule has 0 fully saturated rings. The monoisotopic (exact) mass is 780 g/mol. The number of oxime groups is 1. The van der Waals surface area contributed by atoms with Crippen LogP contribution < -0.4 is 10.1 Å². The summed E-state index contributed by atoms with van der Waals surface area (Å²) in [5.74, 6) is -8.73. The SMILES string of the molecule is C=CCO/N=C/c1c2c(O)c3c(O)c(C)c4c(c3c1O)C(=O)[C@@](C)(O/C=C\[C@H](OC)[C@@H](C)[C@@H](OC(C)=O)[C@H](C)[C@H](O)[C@H](C)[C@@H](O)[C@@H](C)/C=C\C=C(\C)C(=O)N2)O4. The molecule has 0 aliphatic carbocycles. The minimum Gasteiger partial charge on any atom is -0.507 e. The first-order valence-electron chi connectivity index (χ1n) is 18.2. The van der Waals surface area contributed by atoms with Crippen molar-refractivity contribution >= 4 is 40.3 Å². The molecule has 6 N–H and O–H groups in total. The number of aromatic hydroxyl groups is 3. The number of rotatable bonds is 6. The number of phenolic OH excluding ortho intramolecular Hbond substituents is 3. The molecule has 0 spiro atoms. The Morgan fingerprint density at radius 1 is 1.00 bits per heavy atom. The molecule has 5 rings (SSSR count). The molecule has 2 aromatic carbocycles. The number of carbonyl (C=O) groups is 3. The van der Waals surface area contributed by atoms with Crippen molar-refractivity contribution in [3.8, 4) is 23.0 Å². The first-order chi connectivity index (χ1) is 26.3. The summed E-state index contributed by atoms with van der Waals surface area (Å²) in [6.45, 7) is 15.9. The van der Waals surface area contributed by atoms with E-state index in [9.17, 15) is 39.9 Å². The van der Waals surface area contributed by atoms with Crippen LogP contribution in [0.4, 0.5) is 5.69 Å². The Kier molecular flexibility index (Phi) is 13.6. The van der Waals surface area contributed by atoms with Crippen LogP contribution in [-0.2, 0) is 28.6 Å². The summed E-state index contributed by atoms with van der Waals surface area (Å²) in [5.41, 5.74) is -0.691. The second-order valence-corrected chi connectivity index (χ2v) is 14.4. The number of ketones is 1. The average Bonchev–Trinajstić information content (AvgIpc) is 3.42. The Labute approximate surface area is 325 Å². The zero-order valence-electron chi connectivity index (χ0n) is 33.0. The molecule has 3 heterocycles. The Balaban J connectivity index is 1.97. The highest BCUT2D eigenvalue weighted by Crippen LogP contribution is 2.55. The van der Waals surface area contributed by atoms with Crippen molar-refractivity contribution in [2.45, 2.75) is 85.6 Å². The third kappa shape index (κ3) is 8.39. The number of benzene rings is 2. The van der Waals surface area contributed by atoms with Crippen LogP contribution in [0.25, 0.3) is 10.8 Å². The van der Waals surface area contributed by atoms with E-state index in [2.05, 4.69) is 17.1 Å². The van der Waals surface area contributed by atoms with Crippen molar-refractivity contribution in [2.24, 2.45) is 28.8 Å². The Hall–Kier alpha value is -5.38. The molecule has 0 saturated heterocycles. The number of carbonyl (C=O) groups excluding carboxylic acids is 3. The zero-order valence-corrected chi connectivity index (χ0v) is 33.0. The zero-order chi connectivity index (χ0) is 41.8. The van der Waals surface area contributed by atoms with Crippen LogP contribution in [0.5, 0.6) is 23.0 Å². The number of aliphatic hydroxyl groups excluding tert-OH is 2.